The van der Waals surface area contributed by atoms with E-state index in [0.717, 1.165) is 16.8 Å². The standard InChI is InChI=1S/C8H6IN.C8H7N/c9-8-7-4-2-1-3-6(7)5-10-8;1-2-4-8-6-9-5-7(8)3-1/h1-4H,5H2;1-5H,6H2. The van der Waals surface area contributed by atoms with Gasteiger partial charge in [0.05, 0.1) is 13.1 Å². The smallest absolute Gasteiger partial charge is 0.103 e. The Balaban J connectivity index is 0.000000117. The molecule has 2 aliphatic heterocycles. The molecule has 2 heterocycles. The maximum atomic E-state index is 4.31. The van der Waals surface area contributed by atoms with Gasteiger partial charge < -0.3 is 0 Å². The molecule has 4 rings (SSSR count). The molecule has 2 nitrogen and oxygen atoms in total. The van der Waals surface area contributed by atoms with Crippen LogP contribution in [0, 0.1) is 0 Å². The minimum atomic E-state index is 0.869. The van der Waals surface area contributed by atoms with Crippen LogP contribution in [0.25, 0.3) is 0 Å². The van der Waals surface area contributed by atoms with Crippen LogP contribution >= 0.6 is 22.6 Å². The molecular formula is C16H13IN2. The molecule has 0 saturated carbocycles. The number of nitrogens with zero attached hydrogens (tertiary/aromatic N) is 2. The van der Waals surface area contributed by atoms with Gasteiger partial charge in [-0.2, -0.15) is 0 Å². The Morgan fingerprint density at radius 1 is 0.842 bits per heavy atom. The Morgan fingerprint density at radius 2 is 1.58 bits per heavy atom. The summed E-state index contributed by atoms with van der Waals surface area (Å²) in [6.07, 6.45) is 1.93. The summed E-state index contributed by atoms with van der Waals surface area (Å²) in [4.78, 5) is 8.43. The van der Waals surface area contributed by atoms with Crippen molar-refractivity contribution in [1.29, 1.82) is 0 Å². The maximum absolute atomic E-state index is 4.31. The lowest BCUT2D eigenvalue weighted by Crippen LogP contribution is -1.85. The molecule has 2 aromatic carbocycles. The topological polar surface area (TPSA) is 24.7 Å². The van der Waals surface area contributed by atoms with E-state index in [0.29, 0.717) is 0 Å². The molecule has 0 N–H and O–H groups in total. The first kappa shape index (κ1) is 12.5. The lowest BCUT2D eigenvalue weighted by molar-refractivity contribution is 1.11. The number of hydrogen-bond donors (Lipinski definition) is 0. The molecular weight excluding hydrogens is 347 g/mol. The number of rotatable bonds is 0. The van der Waals surface area contributed by atoms with Gasteiger partial charge in [0.25, 0.3) is 0 Å². The van der Waals surface area contributed by atoms with Gasteiger partial charge in [-0.05, 0) is 39.3 Å². The molecule has 0 aliphatic carbocycles. The van der Waals surface area contributed by atoms with Crippen LogP contribution in [0.4, 0.5) is 0 Å². The first-order valence-corrected chi connectivity index (χ1v) is 7.28. The summed E-state index contributed by atoms with van der Waals surface area (Å²) in [5, 5.41) is 0. The van der Waals surface area contributed by atoms with Gasteiger partial charge in [-0.1, -0.05) is 48.5 Å². The minimum Gasteiger partial charge on any atom is -0.288 e. The van der Waals surface area contributed by atoms with Gasteiger partial charge >= 0.3 is 0 Å². The number of benzene rings is 2. The second-order valence-electron chi connectivity index (χ2n) is 4.43. The molecule has 94 valence electrons. The molecule has 0 spiro atoms. The van der Waals surface area contributed by atoms with E-state index in [1.807, 2.05) is 18.3 Å². The van der Waals surface area contributed by atoms with Crippen LogP contribution in [-0.2, 0) is 13.1 Å². The van der Waals surface area contributed by atoms with Crippen molar-refractivity contribution in [1.82, 2.24) is 0 Å². The predicted molar refractivity (Wildman–Crippen MR) is 88.4 cm³/mol. The third-order valence-electron chi connectivity index (χ3n) is 3.17. The van der Waals surface area contributed by atoms with Crippen LogP contribution in [0.15, 0.2) is 58.5 Å². The highest BCUT2D eigenvalue weighted by molar-refractivity contribution is 14.1. The second-order valence-corrected chi connectivity index (χ2v) is 5.45. The summed E-state index contributed by atoms with van der Waals surface area (Å²) in [5.41, 5.74) is 5.28. The van der Waals surface area contributed by atoms with Crippen molar-refractivity contribution in [3.8, 4) is 0 Å². The van der Waals surface area contributed by atoms with Crippen molar-refractivity contribution >= 4 is 32.5 Å². The average Bonchev–Trinajstić information content (AvgIpc) is 3.07. The molecule has 19 heavy (non-hydrogen) atoms. The van der Waals surface area contributed by atoms with Gasteiger partial charge in [0.1, 0.15) is 3.72 Å². The van der Waals surface area contributed by atoms with E-state index in [2.05, 4.69) is 69.0 Å². The van der Waals surface area contributed by atoms with Crippen LogP contribution in [0.2, 0.25) is 0 Å². The first-order valence-electron chi connectivity index (χ1n) is 6.20. The van der Waals surface area contributed by atoms with Crippen molar-refractivity contribution in [2.24, 2.45) is 9.98 Å². The summed E-state index contributed by atoms with van der Waals surface area (Å²) in [6.45, 7) is 1.74. The Morgan fingerprint density at radius 3 is 2.37 bits per heavy atom. The van der Waals surface area contributed by atoms with Gasteiger partial charge in [-0.3, -0.25) is 9.98 Å². The predicted octanol–water partition coefficient (Wildman–Crippen LogP) is 4.00. The van der Waals surface area contributed by atoms with E-state index < -0.39 is 0 Å². The molecule has 0 unspecified atom stereocenters. The first-order chi connectivity index (χ1) is 9.34. The van der Waals surface area contributed by atoms with E-state index in [-0.39, 0.29) is 0 Å². The number of aliphatic imine (C=N–C) groups is 2. The van der Waals surface area contributed by atoms with Crippen LogP contribution in [-0.4, -0.2) is 9.93 Å². The highest BCUT2D eigenvalue weighted by atomic mass is 127. The van der Waals surface area contributed by atoms with Crippen LogP contribution in [0.3, 0.4) is 0 Å². The molecule has 3 heteroatoms. The normalized spacial score (nSPS) is 14.3. The molecule has 0 aromatic heterocycles. The summed E-state index contributed by atoms with van der Waals surface area (Å²) in [6, 6.07) is 16.7. The summed E-state index contributed by atoms with van der Waals surface area (Å²) < 4.78 is 1.15. The fourth-order valence-corrected chi connectivity index (χ4v) is 2.84. The van der Waals surface area contributed by atoms with Gasteiger partial charge in [-0.15, -0.1) is 0 Å². The van der Waals surface area contributed by atoms with Crippen LogP contribution < -0.4 is 0 Å². The molecule has 0 amide bonds. The van der Waals surface area contributed by atoms with Crippen LogP contribution in [0.1, 0.15) is 22.3 Å². The summed E-state index contributed by atoms with van der Waals surface area (Å²) in [7, 11) is 0. The largest absolute Gasteiger partial charge is 0.288 e. The van der Waals surface area contributed by atoms with Crippen molar-refractivity contribution in [2.75, 3.05) is 0 Å². The molecule has 0 fully saturated rings. The van der Waals surface area contributed by atoms with Crippen LogP contribution in [0.5, 0.6) is 0 Å². The molecule has 0 radical (unpaired) electrons. The van der Waals surface area contributed by atoms with E-state index in [1.54, 1.807) is 0 Å². The minimum absolute atomic E-state index is 0.869. The molecule has 0 bridgehead atoms. The number of hydrogen-bond acceptors (Lipinski definition) is 2. The van der Waals surface area contributed by atoms with E-state index >= 15 is 0 Å². The van der Waals surface area contributed by atoms with Crippen molar-refractivity contribution in [2.45, 2.75) is 13.1 Å². The molecule has 0 atom stereocenters. The van der Waals surface area contributed by atoms with Gasteiger partial charge in [0, 0.05) is 11.8 Å². The zero-order valence-electron chi connectivity index (χ0n) is 10.4. The third kappa shape index (κ3) is 2.76. The molecule has 0 saturated heterocycles. The highest BCUT2D eigenvalue weighted by Crippen LogP contribution is 2.21. The Labute approximate surface area is 126 Å². The lowest BCUT2D eigenvalue weighted by Gasteiger charge is -1.93. The number of halogens is 1. The Kier molecular flexibility index (Phi) is 3.73. The second kappa shape index (κ2) is 5.65. The van der Waals surface area contributed by atoms with E-state index in [1.165, 1.54) is 22.3 Å². The SMILES string of the molecule is C1=NCc2ccccc21.IC1=NCc2ccccc21. The lowest BCUT2D eigenvalue weighted by atomic mass is 10.1. The molecule has 2 aliphatic rings. The fraction of sp³-hybridized carbons (Fsp3) is 0.125. The Bertz CT molecular complexity index is 659. The summed E-state index contributed by atoms with van der Waals surface area (Å²) >= 11 is 2.27. The van der Waals surface area contributed by atoms with Gasteiger partial charge in [0.15, 0.2) is 0 Å². The van der Waals surface area contributed by atoms with Crippen molar-refractivity contribution < 1.29 is 0 Å². The van der Waals surface area contributed by atoms with Gasteiger partial charge in [0.2, 0.25) is 0 Å². The van der Waals surface area contributed by atoms with E-state index in [9.17, 15) is 0 Å². The summed E-state index contributed by atoms with van der Waals surface area (Å²) in [5.74, 6) is 0. The fourth-order valence-electron chi connectivity index (χ4n) is 2.15. The highest BCUT2D eigenvalue weighted by Gasteiger charge is 2.10. The van der Waals surface area contributed by atoms with E-state index in [4.69, 9.17) is 0 Å². The van der Waals surface area contributed by atoms with Gasteiger partial charge in [-0.25, -0.2) is 0 Å². The third-order valence-corrected chi connectivity index (χ3v) is 4.10. The number of fused-ring (bicyclic) bond motifs is 2. The maximum Gasteiger partial charge on any atom is 0.103 e. The zero-order valence-corrected chi connectivity index (χ0v) is 12.5. The Hall–Kier alpha value is -1.49. The quantitative estimate of drug-likeness (QED) is 0.635. The van der Waals surface area contributed by atoms with Crippen molar-refractivity contribution in [3.63, 3.8) is 0 Å². The van der Waals surface area contributed by atoms with Crippen molar-refractivity contribution in [3.05, 3.63) is 70.8 Å². The zero-order chi connectivity index (χ0) is 13.1. The molecule has 2 aromatic rings. The monoisotopic (exact) mass is 360 g/mol. The average molecular weight is 360 g/mol.